The number of sulfonamides is 1. The highest BCUT2D eigenvalue weighted by molar-refractivity contribution is 7.92. The molecule has 0 saturated carbocycles. The molecule has 3 aromatic rings. The number of methoxy groups -OCH3 is 1. The van der Waals surface area contributed by atoms with Crippen LogP contribution in [0.2, 0.25) is 0 Å². The molecule has 0 bridgehead atoms. The number of para-hydroxylation sites is 2. The maximum absolute atomic E-state index is 12.5. The molecule has 2 aromatic carbocycles. The van der Waals surface area contributed by atoms with Gasteiger partial charge in [-0.3, -0.25) is 9.71 Å². The molecule has 0 fully saturated rings. The van der Waals surface area contributed by atoms with Crippen molar-refractivity contribution in [3.05, 3.63) is 73.1 Å². The Morgan fingerprint density at radius 3 is 2.33 bits per heavy atom. The van der Waals surface area contributed by atoms with Crippen LogP contribution in [0.25, 0.3) is 11.1 Å². The molecular formula is C18H16N2O3S. The Bertz CT molecular complexity index is 924. The molecule has 3 rings (SSSR count). The summed E-state index contributed by atoms with van der Waals surface area (Å²) >= 11 is 0. The number of anilines is 1. The molecule has 0 radical (unpaired) electrons. The first-order valence-electron chi connectivity index (χ1n) is 7.26. The highest BCUT2D eigenvalue weighted by atomic mass is 32.2. The van der Waals surface area contributed by atoms with Gasteiger partial charge in [0.15, 0.2) is 0 Å². The van der Waals surface area contributed by atoms with E-state index < -0.39 is 10.0 Å². The largest absolute Gasteiger partial charge is 0.495 e. The summed E-state index contributed by atoms with van der Waals surface area (Å²) in [6.45, 7) is 0. The molecule has 6 heteroatoms. The average Bonchev–Trinajstić information content (AvgIpc) is 2.63. The van der Waals surface area contributed by atoms with Crippen molar-refractivity contribution in [1.29, 1.82) is 0 Å². The fraction of sp³-hybridized carbons (Fsp3) is 0.0556. The van der Waals surface area contributed by atoms with E-state index in [9.17, 15) is 8.42 Å². The molecule has 24 heavy (non-hydrogen) atoms. The fourth-order valence-corrected chi connectivity index (χ4v) is 3.36. The maximum atomic E-state index is 12.5. The smallest absolute Gasteiger partial charge is 0.262 e. The Kier molecular flexibility index (Phi) is 4.48. The molecule has 122 valence electrons. The summed E-state index contributed by atoms with van der Waals surface area (Å²) in [5.74, 6) is 0.466. The molecule has 0 aliphatic rings. The van der Waals surface area contributed by atoms with E-state index in [2.05, 4.69) is 9.71 Å². The normalized spacial score (nSPS) is 11.0. The molecule has 0 unspecified atom stereocenters. The second-order valence-corrected chi connectivity index (χ2v) is 6.75. The zero-order chi connectivity index (χ0) is 17.0. The number of pyridine rings is 1. The topological polar surface area (TPSA) is 68.3 Å². The third-order valence-corrected chi connectivity index (χ3v) is 4.89. The van der Waals surface area contributed by atoms with Gasteiger partial charge < -0.3 is 4.74 Å². The van der Waals surface area contributed by atoms with Gasteiger partial charge in [-0.1, -0.05) is 30.3 Å². The summed E-state index contributed by atoms with van der Waals surface area (Å²) in [4.78, 5) is 4.24. The lowest BCUT2D eigenvalue weighted by molar-refractivity contribution is 0.417. The highest BCUT2D eigenvalue weighted by Gasteiger charge is 2.16. The first-order valence-corrected chi connectivity index (χ1v) is 8.75. The van der Waals surface area contributed by atoms with Crippen molar-refractivity contribution in [2.45, 2.75) is 4.90 Å². The summed E-state index contributed by atoms with van der Waals surface area (Å²) in [5, 5.41) is 0. The Balaban J connectivity index is 1.88. The van der Waals surface area contributed by atoms with Gasteiger partial charge in [0.25, 0.3) is 10.0 Å². The van der Waals surface area contributed by atoms with Gasteiger partial charge in [0.1, 0.15) is 5.75 Å². The van der Waals surface area contributed by atoms with Gasteiger partial charge in [0, 0.05) is 12.4 Å². The second-order valence-electron chi connectivity index (χ2n) is 5.07. The van der Waals surface area contributed by atoms with Crippen LogP contribution in [0.3, 0.4) is 0 Å². The van der Waals surface area contributed by atoms with E-state index >= 15 is 0 Å². The third-order valence-electron chi connectivity index (χ3n) is 3.51. The van der Waals surface area contributed by atoms with Crippen LogP contribution < -0.4 is 9.46 Å². The lowest BCUT2D eigenvalue weighted by Gasteiger charge is -2.12. The van der Waals surface area contributed by atoms with E-state index in [-0.39, 0.29) is 4.90 Å². The predicted molar refractivity (Wildman–Crippen MR) is 93.5 cm³/mol. The summed E-state index contributed by atoms with van der Waals surface area (Å²) in [5.41, 5.74) is 2.23. The van der Waals surface area contributed by atoms with E-state index in [1.165, 1.54) is 7.11 Å². The molecule has 0 amide bonds. The summed E-state index contributed by atoms with van der Waals surface area (Å²) < 4.78 is 32.8. The van der Waals surface area contributed by atoms with Crippen LogP contribution in [0.1, 0.15) is 0 Å². The van der Waals surface area contributed by atoms with Gasteiger partial charge in [-0.2, -0.15) is 0 Å². The fourth-order valence-electron chi connectivity index (χ4n) is 2.29. The van der Waals surface area contributed by atoms with E-state index in [1.54, 1.807) is 60.9 Å². The van der Waals surface area contributed by atoms with E-state index in [0.29, 0.717) is 11.4 Å². The number of benzene rings is 2. The molecule has 0 spiro atoms. The molecule has 1 aromatic heterocycles. The Morgan fingerprint density at radius 2 is 1.67 bits per heavy atom. The van der Waals surface area contributed by atoms with Crippen molar-refractivity contribution in [3.8, 4) is 16.9 Å². The monoisotopic (exact) mass is 340 g/mol. The van der Waals surface area contributed by atoms with E-state index in [4.69, 9.17) is 4.74 Å². The molecule has 5 nitrogen and oxygen atoms in total. The lowest BCUT2D eigenvalue weighted by Crippen LogP contribution is -2.13. The first-order chi connectivity index (χ1) is 11.6. The van der Waals surface area contributed by atoms with Gasteiger partial charge in [0.05, 0.1) is 17.7 Å². The van der Waals surface area contributed by atoms with Gasteiger partial charge in [-0.05, 0) is 41.5 Å². The molecule has 1 heterocycles. The quantitative estimate of drug-likeness (QED) is 0.771. The van der Waals surface area contributed by atoms with Gasteiger partial charge >= 0.3 is 0 Å². The molecule has 0 aliphatic heterocycles. The van der Waals surface area contributed by atoms with Crippen molar-refractivity contribution < 1.29 is 13.2 Å². The number of nitrogens with one attached hydrogen (secondary N) is 1. The van der Waals surface area contributed by atoms with Crippen LogP contribution in [0.15, 0.2) is 78.0 Å². The summed E-state index contributed by atoms with van der Waals surface area (Å²) in [6, 6.07) is 17.3. The van der Waals surface area contributed by atoms with Crippen molar-refractivity contribution in [2.24, 2.45) is 0 Å². The number of hydrogen-bond acceptors (Lipinski definition) is 4. The number of aromatic nitrogens is 1. The zero-order valence-corrected chi connectivity index (χ0v) is 13.8. The van der Waals surface area contributed by atoms with Crippen LogP contribution in [-0.4, -0.2) is 20.5 Å². The minimum absolute atomic E-state index is 0.182. The molecule has 0 atom stereocenters. The van der Waals surface area contributed by atoms with Crippen LogP contribution in [0.4, 0.5) is 5.69 Å². The molecular weight excluding hydrogens is 324 g/mol. The van der Waals surface area contributed by atoms with Crippen molar-refractivity contribution in [1.82, 2.24) is 4.98 Å². The number of rotatable bonds is 5. The van der Waals surface area contributed by atoms with E-state index in [0.717, 1.165) is 11.1 Å². The van der Waals surface area contributed by atoms with Gasteiger partial charge in [-0.15, -0.1) is 0 Å². The molecule has 0 saturated heterocycles. The van der Waals surface area contributed by atoms with E-state index in [1.807, 2.05) is 12.1 Å². The number of hydrogen-bond donors (Lipinski definition) is 1. The van der Waals surface area contributed by atoms with Gasteiger partial charge in [-0.25, -0.2) is 8.42 Å². The standard InChI is InChI=1S/C18H16N2O3S/c1-23-18-7-3-2-6-17(18)20-24(21,22)16-10-8-14(9-11-16)15-5-4-12-19-13-15/h2-13,20H,1H3. The number of nitrogens with zero attached hydrogens (tertiary/aromatic N) is 1. The first kappa shape index (κ1) is 16.0. The Hall–Kier alpha value is -2.86. The number of ether oxygens (including phenoxy) is 1. The van der Waals surface area contributed by atoms with Crippen LogP contribution in [0.5, 0.6) is 5.75 Å². The van der Waals surface area contributed by atoms with Crippen molar-refractivity contribution >= 4 is 15.7 Å². The third kappa shape index (κ3) is 3.38. The zero-order valence-electron chi connectivity index (χ0n) is 13.0. The Morgan fingerprint density at radius 1 is 0.917 bits per heavy atom. The molecule has 0 aliphatic carbocycles. The van der Waals surface area contributed by atoms with Crippen LogP contribution >= 0.6 is 0 Å². The van der Waals surface area contributed by atoms with Crippen molar-refractivity contribution in [3.63, 3.8) is 0 Å². The SMILES string of the molecule is COc1ccccc1NS(=O)(=O)c1ccc(-c2cccnc2)cc1. The summed E-state index contributed by atoms with van der Waals surface area (Å²) in [7, 11) is -2.19. The maximum Gasteiger partial charge on any atom is 0.262 e. The van der Waals surface area contributed by atoms with Gasteiger partial charge in [0.2, 0.25) is 0 Å². The van der Waals surface area contributed by atoms with Crippen LogP contribution in [0, 0.1) is 0 Å². The van der Waals surface area contributed by atoms with Crippen molar-refractivity contribution in [2.75, 3.05) is 11.8 Å². The highest BCUT2D eigenvalue weighted by Crippen LogP contribution is 2.27. The second kappa shape index (κ2) is 6.72. The minimum Gasteiger partial charge on any atom is -0.495 e. The predicted octanol–water partition coefficient (Wildman–Crippen LogP) is 3.56. The lowest BCUT2D eigenvalue weighted by atomic mass is 10.1. The average molecular weight is 340 g/mol. The minimum atomic E-state index is -3.69. The van der Waals surface area contributed by atoms with Crippen LogP contribution in [-0.2, 0) is 10.0 Å². The summed E-state index contributed by atoms with van der Waals surface area (Å²) in [6.07, 6.45) is 3.43. The molecule has 1 N–H and O–H groups in total. The Labute approximate surface area is 141 Å².